The van der Waals surface area contributed by atoms with Crippen LogP contribution in [0.2, 0.25) is 0 Å². The lowest BCUT2D eigenvalue weighted by Crippen LogP contribution is -2.27. The summed E-state index contributed by atoms with van der Waals surface area (Å²) in [6, 6.07) is 21.8. The number of carbonyl (C=O) groups is 1. The summed E-state index contributed by atoms with van der Waals surface area (Å²) in [6.45, 7) is 2.76. The molecule has 0 saturated carbocycles. The van der Waals surface area contributed by atoms with Crippen LogP contribution >= 0.6 is 0 Å². The van der Waals surface area contributed by atoms with Crippen molar-refractivity contribution in [3.05, 3.63) is 95.9 Å². The lowest BCUT2D eigenvalue weighted by molar-refractivity contribution is 0.0935. The quantitative estimate of drug-likeness (QED) is 0.432. The second-order valence-corrected chi connectivity index (χ2v) is 7.07. The number of benzene rings is 2. The van der Waals surface area contributed by atoms with Crippen LogP contribution in [-0.2, 0) is 6.42 Å². The number of pyridine rings is 1. The molecule has 5 heteroatoms. The predicted octanol–water partition coefficient (Wildman–Crippen LogP) is 4.71. The Bertz CT molecular complexity index is 1090. The molecule has 1 unspecified atom stereocenters. The number of hydrogen-bond acceptors (Lipinski definition) is 3. The van der Waals surface area contributed by atoms with Crippen molar-refractivity contribution in [1.29, 1.82) is 0 Å². The maximum atomic E-state index is 12.4. The Balaban J connectivity index is 1.31. The maximum Gasteiger partial charge on any atom is 0.270 e. The minimum atomic E-state index is -0.174. The first kappa shape index (κ1) is 18.7. The SMILES string of the molecule is CC(NC(=O)c1ccc(NCCc2c[nH]c3ccccc23)cn1)c1ccccc1. The molecule has 2 aromatic carbocycles. The summed E-state index contributed by atoms with van der Waals surface area (Å²) < 4.78 is 0. The number of nitrogens with zero attached hydrogens (tertiary/aromatic N) is 1. The lowest BCUT2D eigenvalue weighted by atomic mass is 10.1. The monoisotopic (exact) mass is 384 g/mol. The number of nitrogens with one attached hydrogen (secondary N) is 3. The Hall–Kier alpha value is -3.60. The highest BCUT2D eigenvalue weighted by Crippen LogP contribution is 2.18. The summed E-state index contributed by atoms with van der Waals surface area (Å²) in [7, 11) is 0. The normalized spacial score (nSPS) is 11.9. The second kappa shape index (κ2) is 8.61. The van der Waals surface area contributed by atoms with Crippen molar-refractivity contribution in [3.8, 4) is 0 Å². The van der Waals surface area contributed by atoms with E-state index in [0.29, 0.717) is 5.69 Å². The number of aromatic nitrogens is 2. The molecule has 0 spiro atoms. The number of carbonyl (C=O) groups excluding carboxylic acids is 1. The van der Waals surface area contributed by atoms with Gasteiger partial charge in [0, 0.05) is 23.6 Å². The van der Waals surface area contributed by atoms with Gasteiger partial charge in [0.1, 0.15) is 5.69 Å². The third-order valence-corrected chi connectivity index (χ3v) is 5.04. The standard InChI is InChI=1S/C24H24N4O/c1-17(18-7-3-2-4-8-18)28-24(29)23-12-11-20(16-27-23)25-14-13-19-15-26-22-10-6-5-9-21(19)22/h2-12,15-17,25-26H,13-14H2,1H3,(H,28,29). The van der Waals surface area contributed by atoms with Crippen LogP contribution in [0.3, 0.4) is 0 Å². The lowest BCUT2D eigenvalue weighted by Gasteiger charge is -2.14. The number of anilines is 1. The number of fused-ring (bicyclic) bond motifs is 1. The van der Waals surface area contributed by atoms with Crippen molar-refractivity contribution in [1.82, 2.24) is 15.3 Å². The van der Waals surface area contributed by atoms with Gasteiger partial charge in [0.2, 0.25) is 0 Å². The first-order chi connectivity index (χ1) is 14.2. The van der Waals surface area contributed by atoms with Crippen molar-refractivity contribution < 1.29 is 4.79 Å². The maximum absolute atomic E-state index is 12.4. The van der Waals surface area contributed by atoms with E-state index in [2.05, 4.69) is 45.0 Å². The fourth-order valence-electron chi connectivity index (χ4n) is 3.41. The van der Waals surface area contributed by atoms with Gasteiger partial charge in [-0.1, -0.05) is 48.5 Å². The van der Waals surface area contributed by atoms with Crippen molar-refractivity contribution in [3.63, 3.8) is 0 Å². The van der Waals surface area contributed by atoms with Crippen LogP contribution in [0.15, 0.2) is 79.1 Å². The molecule has 146 valence electrons. The first-order valence-electron chi connectivity index (χ1n) is 9.81. The molecule has 2 heterocycles. The molecule has 0 aliphatic heterocycles. The van der Waals surface area contributed by atoms with E-state index in [1.54, 1.807) is 12.3 Å². The van der Waals surface area contributed by atoms with Gasteiger partial charge in [-0.05, 0) is 42.7 Å². The molecule has 2 aromatic heterocycles. The van der Waals surface area contributed by atoms with E-state index in [1.165, 1.54) is 10.9 Å². The largest absolute Gasteiger partial charge is 0.383 e. The van der Waals surface area contributed by atoms with Gasteiger partial charge in [-0.3, -0.25) is 4.79 Å². The molecule has 5 nitrogen and oxygen atoms in total. The highest BCUT2D eigenvalue weighted by Gasteiger charge is 2.12. The molecule has 29 heavy (non-hydrogen) atoms. The fourth-order valence-corrected chi connectivity index (χ4v) is 3.41. The van der Waals surface area contributed by atoms with E-state index in [9.17, 15) is 4.79 Å². The zero-order valence-corrected chi connectivity index (χ0v) is 16.4. The number of amides is 1. The number of rotatable bonds is 7. The van der Waals surface area contributed by atoms with Crippen LogP contribution in [0.4, 0.5) is 5.69 Å². The molecule has 0 aliphatic carbocycles. The predicted molar refractivity (Wildman–Crippen MR) is 117 cm³/mol. The molecular weight excluding hydrogens is 360 g/mol. The number of H-pyrrole nitrogens is 1. The zero-order valence-electron chi connectivity index (χ0n) is 16.4. The molecule has 0 fully saturated rings. The van der Waals surface area contributed by atoms with Gasteiger partial charge >= 0.3 is 0 Å². The number of hydrogen-bond donors (Lipinski definition) is 3. The summed E-state index contributed by atoms with van der Waals surface area (Å²) in [5.74, 6) is -0.174. The Labute approximate surface area is 170 Å². The molecule has 4 aromatic rings. The van der Waals surface area contributed by atoms with Crippen molar-refractivity contribution >= 4 is 22.5 Å². The Morgan fingerprint density at radius 2 is 1.83 bits per heavy atom. The molecular formula is C24H24N4O. The van der Waals surface area contributed by atoms with E-state index in [4.69, 9.17) is 0 Å². The Kier molecular flexibility index (Phi) is 5.56. The van der Waals surface area contributed by atoms with E-state index in [-0.39, 0.29) is 11.9 Å². The second-order valence-electron chi connectivity index (χ2n) is 7.07. The van der Waals surface area contributed by atoms with Crippen molar-refractivity contribution in [2.45, 2.75) is 19.4 Å². The topological polar surface area (TPSA) is 69.8 Å². The minimum absolute atomic E-state index is 0.0699. The van der Waals surface area contributed by atoms with E-state index < -0.39 is 0 Å². The number of para-hydroxylation sites is 1. The van der Waals surface area contributed by atoms with Crippen LogP contribution in [0.1, 0.15) is 34.6 Å². The fraction of sp³-hybridized carbons (Fsp3) is 0.167. The summed E-state index contributed by atoms with van der Waals surface area (Å²) in [6.07, 6.45) is 4.67. The van der Waals surface area contributed by atoms with Gasteiger partial charge in [-0.25, -0.2) is 4.98 Å². The number of aromatic amines is 1. The molecule has 1 amide bonds. The van der Waals surface area contributed by atoms with Crippen LogP contribution in [0, 0.1) is 0 Å². The van der Waals surface area contributed by atoms with Crippen LogP contribution in [-0.4, -0.2) is 22.4 Å². The van der Waals surface area contributed by atoms with Crippen molar-refractivity contribution in [2.24, 2.45) is 0 Å². The summed E-state index contributed by atoms with van der Waals surface area (Å²) in [5, 5.41) is 7.61. The van der Waals surface area contributed by atoms with E-state index in [1.807, 2.05) is 49.4 Å². The third-order valence-electron chi connectivity index (χ3n) is 5.04. The van der Waals surface area contributed by atoms with Crippen molar-refractivity contribution in [2.75, 3.05) is 11.9 Å². The first-order valence-corrected chi connectivity index (χ1v) is 9.81. The zero-order chi connectivity index (χ0) is 20.1. The minimum Gasteiger partial charge on any atom is -0.383 e. The van der Waals surface area contributed by atoms with Gasteiger partial charge in [-0.15, -0.1) is 0 Å². The summed E-state index contributed by atoms with van der Waals surface area (Å²) >= 11 is 0. The molecule has 4 rings (SSSR count). The average Bonchev–Trinajstić information content (AvgIpc) is 3.18. The van der Waals surface area contributed by atoms with Crippen LogP contribution in [0.25, 0.3) is 10.9 Å². The van der Waals surface area contributed by atoms with Gasteiger partial charge in [0.15, 0.2) is 0 Å². The highest BCUT2D eigenvalue weighted by molar-refractivity contribution is 5.92. The van der Waals surface area contributed by atoms with Gasteiger partial charge in [-0.2, -0.15) is 0 Å². The third kappa shape index (κ3) is 4.46. The average molecular weight is 384 g/mol. The molecule has 1 atom stereocenters. The molecule has 0 bridgehead atoms. The Morgan fingerprint density at radius 1 is 1.03 bits per heavy atom. The molecule has 3 N–H and O–H groups in total. The summed E-state index contributed by atoms with van der Waals surface area (Å²) in [4.78, 5) is 20.0. The summed E-state index contributed by atoms with van der Waals surface area (Å²) in [5.41, 5.74) is 4.82. The van der Waals surface area contributed by atoms with Gasteiger partial charge < -0.3 is 15.6 Å². The molecule has 0 saturated heterocycles. The Morgan fingerprint density at radius 3 is 2.62 bits per heavy atom. The van der Waals surface area contributed by atoms with Crippen LogP contribution in [0.5, 0.6) is 0 Å². The molecule has 0 radical (unpaired) electrons. The van der Waals surface area contributed by atoms with Gasteiger partial charge in [0.25, 0.3) is 5.91 Å². The highest BCUT2D eigenvalue weighted by atomic mass is 16.1. The molecule has 0 aliphatic rings. The van der Waals surface area contributed by atoms with Gasteiger partial charge in [0.05, 0.1) is 17.9 Å². The van der Waals surface area contributed by atoms with Crippen LogP contribution < -0.4 is 10.6 Å². The van der Waals surface area contributed by atoms with E-state index in [0.717, 1.165) is 29.7 Å². The van der Waals surface area contributed by atoms with E-state index >= 15 is 0 Å². The smallest absolute Gasteiger partial charge is 0.270 e.